The molecule has 2 aromatic carbocycles. The van der Waals surface area contributed by atoms with E-state index in [1.54, 1.807) is 31.2 Å². The van der Waals surface area contributed by atoms with Crippen LogP contribution in [0.2, 0.25) is 0 Å². The van der Waals surface area contributed by atoms with Crippen LogP contribution in [-0.2, 0) is 0 Å². The Morgan fingerprint density at radius 2 is 1.95 bits per heavy atom. The molecule has 2 N–H and O–H groups in total. The Bertz CT molecular complexity index is 1060. The molecule has 0 aromatic heterocycles. The number of aliphatic hydroxyl groups excluding tert-OH is 1. The van der Waals surface area contributed by atoms with Gasteiger partial charge in [0.1, 0.15) is 11.6 Å². The lowest BCUT2D eigenvalue weighted by atomic mass is 9.74. The molecule has 4 atom stereocenters. The second-order valence-corrected chi connectivity index (χ2v) is 10.8. The summed E-state index contributed by atoms with van der Waals surface area (Å²) < 4.78 is 14.7. The van der Waals surface area contributed by atoms with Crippen molar-refractivity contribution in [2.75, 3.05) is 46.9 Å². The number of ketones is 1. The lowest BCUT2D eigenvalue weighted by Crippen LogP contribution is -2.58. The Morgan fingerprint density at radius 3 is 2.68 bits per heavy atom. The fraction of sp³-hybridized carbons (Fsp3) is 0.533. The monoisotopic (exact) mass is 510 g/mol. The van der Waals surface area contributed by atoms with Gasteiger partial charge in [0.2, 0.25) is 0 Å². The number of aliphatic hydroxyl groups is 1. The molecule has 201 valence electrons. The molecule has 7 heteroatoms. The normalized spacial score (nSPS) is 25.1. The van der Waals surface area contributed by atoms with Gasteiger partial charge in [-0.25, -0.2) is 4.39 Å². The number of Topliss-reactive ketones (excluding diaryl/α,β-unsaturated/α-hetero) is 1. The van der Waals surface area contributed by atoms with Gasteiger partial charge in [-0.1, -0.05) is 24.3 Å². The van der Waals surface area contributed by atoms with Crippen LogP contribution in [0.25, 0.3) is 0 Å². The van der Waals surface area contributed by atoms with Crippen LogP contribution in [0.3, 0.4) is 0 Å². The van der Waals surface area contributed by atoms with Crippen LogP contribution < -0.4 is 0 Å². The van der Waals surface area contributed by atoms with Gasteiger partial charge in [-0.05, 0) is 89.1 Å². The van der Waals surface area contributed by atoms with E-state index in [0.29, 0.717) is 17.7 Å². The van der Waals surface area contributed by atoms with Gasteiger partial charge in [-0.3, -0.25) is 14.6 Å². The lowest BCUT2D eigenvalue weighted by molar-refractivity contribution is 0.00127. The number of halogens is 1. The number of phenolic OH excluding ortho intramolecular Hbond substituents is 1. The van der Waals surface area contributed by atoms with Crippen LogP contribution in [0.5, 0.6) is 5.75 Å². The highest BCUT2D eigenvalue weighted by atomic mass is 19.1. The first-order valence-corrected chi connectivity index (χ1v) is 13.5. The van der Waals surface area contributed by atoms with Crippen molar-refractivity contribution in [3.05, 3.63) is 71.4 Å². The number of likely N-dealkylation sites (tertiary alicyclic amines) is 2. The molecule has 4 rings (SSSR count). The van der Waals surface area contributed by atoms with E-state index in [4.69, 9.17) is 0 Å². The summed E-state index contributed by atoms with van der Waals surface area (Å²) in [5.74, 6) is -0.953. The molecule has 1 unspecified atom stereocenters. The molecule has 0 amide bonds. The molecule has 0 saturated carbocycles. The average molecular weight is 511 g/mol. The molecule has 0 spiro atoms. The van der Waals surface area contributed by atoms with Crippen molar-refractivity contribution in [1.29, 1.82) is 0 Å². The Labute approximate surface area is 220 Å². The Balaban J connectivity index is 1.70. The van der Waals surface area contributed by atoms with Crippen molar-refractivity contribution in [3.63, 3.8) is 0 Å². The second-order valence-electron chi connectivity index (χ2n) is 10.8. The van der Waals surface area contributed by atoms with Gasteiger partial charge < -0.3 is 15.1 Å². The summed E-state index contributed by atoms with van der Waals surface area (Å²) in [5, 5.41) is 20.2. The molecule has 6 nitrogen and oxygen atoms in total. The van der Waals surface area contributed by atoms with Gasteiger partial charge in [-0.2, -0.15) is 0 Å². The number of piperidine rings is 1. The molecular formula is C30H41FN3O3. The third-order valence-corrected chi connectivity index (χ3v) is 8.03. The fourth-order valence-corrected chi connectivity index (χ4v) is 6.03. The van der Waals surface area contributed by atoms with E-state index in [1.165, 1.54) is 12.1 Å². The van der Waals surface area contributed by atoms with Crippen molar-refractivity contribution < 1.29 is 19.4 Å². The zero-order chi connectivity index (χ0) is 26.5. The quantitative estimate of drug-likeness (QED) is 0.371. The number of nitrogens with zero attached hydrogens (tertiary/aromatic N) is 3. The van der Waals surface area contributed by atoms with Gasteiger partial charge in [0.15, 0.2) is 5.78 Å². The predicted molar refractivity (Wildman–Crippen MR) is 144 cm³/mol. The molecule has 0 aliphatic carbocycles. The first kappa shape index (κ1) is 27.7. The van der Waals surface area contributed by atoms with Gasteiger partial charge >= 0.3 is 0 Å². The lowest BCUT2D eigenvalue weighted by Gasteiger charge is -2.48. The summed E-state index contributed by atoms with van der Waals surface area (Å²) >= 11 is 0. The van der Waals surface area contributed by atoms with Crippen molar-refractivity contribution in [1.82, 2.24) is 14.7 Å². The SMILES string of the molecule is Cc1c(F)cccc1[C@@H]1[CH]C(N2CCC[C@H]2CO)N(CCCCN(C)C)C[C@@H]1C(=O)c1cccc(O)c1. The molecule has 0 bridgehead atoms. The predicted octanol–water partition coefficient (Wildman–Crippen LogP) is 4.07. The zero-order valence-corrected chi connectivity index (χ0v) is 22.3. The zero-order valence-electron chi connectivity index (χ0n) is 22.3. The Hall–Kier alpha value is -2.32. The summed E-state index contributed by atoms with van der Waals surface area (Å²) in [6.45, 7) is 5.15. The first-order valence-electron chi connectivity index (χ1n) is 13.5. The number of hydrogen-bond acceptors (Lipinski definition) is 6. The van der Waals surface area contributed by atoms with Crippen molar-refractivity contribution in [2.24, 2.45) is 5.92 Å². The summed E-state index contributed by atoms with van der Waals surface area (Å²) in [6.07, 6.45) is 6.20. The Kier molecular flexibility index (Phi) is 9.35. The van der Waals surface area contributed by atoms with E-state index in [0.717, 1.165) is 50.9 Å². The van der Waals surface area contributed by atoms with Crippen LogP contribution in [0.4, 0.5) is 4.39 Å². The third kappa shape index (κ3) is 6.40. The van der Waals surface area contributed by atoms with Crippen LogP contribution in [0.15, 0.2) is 42.5 Å². The minimum Gasteiger partial charge on any atom is -0.508 e. The summed E-state index contributed by atoms with van der Waals surface area (Å²) in [5.41, 5.74) is 1.86. The highest BCUT2D eigenvalue weighted by Crippen LogP contribution is 2.41. The largest absolute Gasteiger partial charge is 0.508 e. The summed E-state index contributed by atoms with van der Waals surface area (Å²) in [7, 11) is 4.15. The minimum absolute atomic E-state index is 0.0418. The van der Waals surface area contributed by atoms with E-state index < -0.39 is 5.92 Å². The number of benzene rings is 2. The summed E-state index contributed by atoms with van der Waals surface area (Å²) in [6, 6.07) is 11.7. The van der Waals surface area contributed by atoms with E-state index in [2.05, 4.69) is 35.2 Å². The maximum Gasteiger partial charge on any atom is 0.167 e. The fourth-order valence-electron chi connectivity index (χ4n) is 6.03. The number of phenols is 1. The highest BCUT2D eigenvalue weighted by Gasteiger charge is 2.45. The van der Waals surface area contributed by atoms with Crippen molar-refractivity contribution >= 4 is 5.78 Å². The number of hydrogen-bond donors (Lipinski definition) is 2. The molecule has 37 heavy (non-hydrogen) atoms. The maximum absolute atomic E-state index is 14.7. The number of aromatic hydroxyl groups is 1. The summed E-state index contributed by atoms with van der Waals surface area (Å²) in [4.78, 5) is 20.9. The first-order chi connectivity index (χ1) is 17.8. The number of carbonyl (C=O) groups is 1. The smallest absolute Gasteiger partial charge is 0.167 e. The molecule has 2 aliphatic rings. The second kappa shape index (κ2) is 12.5. The minimum atomic E-state index is -0.414. The third-order valence-electron chi connectivity index (χ3n) is 8.03. The van der Waals surface area contributed by atoms with Gasteiger partial charge in [0.25, 0.3) is 0 Å². The van der Waals surface area contributed by atoms with Crippen LogP contribution in [0, 0.1) is 25.1 Å². The number of carbonyl (C=O) groups excluding carboxylic acids is 1. The van der Waals surface area contributed by atoms with Crippen molar-refractivity contribution in [3.8, 4) is 5.75 Å². The molecule has 2 fully saturated rings. The van der Waals surface area contributed by atoms with E-state index in [-0.39, 0.29) is 42.1 Å². The molecule has 1 radical (unpaired) electrons. The van der Waals surface area contributed by atoms with Gasteiger partial charge in [0, 0.05) is 43.0 Å². The van der Waals surface area contributed by atoms with Crippen LogP contribution in [-0.4, -0.2) is 89.8 Å². The number of unbranched alkanes of at least 4 members (excludes halogenated alkanes) is 1. The molecular weight excluding hydrogens is 469 g/mol. The Morgan fingerprint density at radius 1 is 1.16 bits per heavy atom. The number of rotatable bonds is 10. The average Bonchev–Trinajstić information content (AvgIpc) is 3.36. The topological polar surface area (TPSA) is 67.2 Å². The van der Waals surface area contributed by atoms with E-state index in [9.17, 15) is 19.4 Å². The van der Waals surface area contributed by atoms with E-state index in [1.807, 2.05) is 6.07 Å². The highest BCUT2D eigenvalue weighted by molar-refractivity contribution is 5.99. The van der Waals surface area contributed by atoms with Crippen LogP contribution in [0.1, 0.15) is 53.1 Å². The standard InChI is InChI=1S/C30H41FN3O3/c1-21-25(12-7-13-28(21)31)26-18-29(34-16-8-10-23(34)20-35)33(15-5-4-14-32(2)3)19-27(26)30(37)22-9-6-11-24(36)17-22/h6-7,9,11-13,17-18,23,26-27,29,35-36H,4-5,8,10,14-16,19-20H2,1-3H3/t23-,26-,27-,29?/m0/s1. The molecule has 2 heterocycles. The van der Waals surface area contributed by atoms with Gasteiger partial charge in [0.05, 0.1) is 12.8 Å². The van der Waals surface area contributed by atoms with Gasteiger partial charge in [-0.15, -0.1) is 0 Å². The van der Waals surface area contributed by atoms with Crippen molar-refractivity contribution in [2.45, 2.75) is 50.7 Å². The van der Waals surface area contributed by atoms with E-state index >= 15 is 0 Å². The van der Waals surface area contributed by atoms with Crippen LogP contribution >= 0.6 is 0 Å². The molecule has 2 aromatic rings. The maximum atomic E-state index is 14.7. The molecule has 2 saturated heterocycles. The molecule has 2 aliphatic heterocycles.